The van der Waals surface area contributed by atoms with Gasteiger partial charge >= 0.3 is 0 Å². The van der Waals surface area contributed by atoms with Crippen molar-refractivity contribution < 1.29 is 14.3 Å². The maximum absolute atomic E-state index is 12.8. The molecule has 2 aliphatic heterocycles. The fourth-order valence-corrected chi connectivity index (χ4v) is 3.26. The van der Waals surface area contributed by atoms with Gasteiger partial charge in [-0.2, -0.15) is 0 Å². The molecule has 2 fully saturated rings. The maximum Gasteiger partial charge on any atom is 0.241 e. The highest BCUT2D eigenvalue weighted by molar-refractivity contribution is 5.84. The summed E-state index contributed by atoms with van der Waals surface area (Å²) in [7, 11) is 1.72. The number of hydrogen-bond donors (Lipinski definition) is 1. The van der Waals surface area contributed by atoms with Crippen LogP contribution in [-0.2, 0) is 14.3 Å². The zero-order chi connectivity index (χ0) is 15.6. The fraction of sp³-hybridized carbons (Fsp3) is 0.938. The first-order chi connectivity index (χ1) is 9.88. The highest BCUT2D eigenvalue weighted by Crippen LogP contribution is 2.29. The summed E-state index contributed by atoms with van der Waals surface area (Å²) in [5.74, 6) is 1.05. The Kier molecular flexibility index (Phi) is 5.28. The third-order valence-electron chi connectivity index (χ3n) is 4.62. The molecule has 2 heterocycles. The molecule has 0 aromatic rings. The number of methoxy groups -OCH3 is 1. The molecular formula is C16H30N2O3. The molecule has 3 atom stereocenters. The first kappa shape index (κ1) is 16.7. The van der Waals surface area contributed by atoms with Gasteiger partial charge < -0.3 is 14.4 Å². The molecule has 1 N–H and O–H groups in total. The van der Waals surface area contributed by atoms with E-state index < -0.39 is 0 Å². The van der Waals surface area contributed by atoms with E-state index in [1.807, 2.05) is 4.90 Å². The lowest BCUT2D eigenvalue weighted by molar-refractivity contribution is -0.135. The number of amides is 1. The molecule has 0 radical (unpaired) electrons. The number of nitrogens with zero attached hydrogens (tertiary/aromatic N) is 1. The van der Waals surface area contributed by atoms with Crippen LogP contribution in [0.1, 0.15) is 40.5 Å². The molecule has 0 aliphatic carbocycles. The standard InChI is InChI=1S/C16H30N2O3/c1-11(2)8-13-17-14(12(3)4)15(19)18(13)9-16(20-5)6-7-21-10-16/h11-14,17H,6-10H2,1-5H3. The number of carbonyl (C=O) groups is 1. The summed E-state index contributed by atoms with van der Waals surface area (Å²) in [6.45, 7) is 10.5. The highest BCUT2D eigenvalue weighted by atomic mass is 16.5. The van der Waals surface area contributed by atoms with Crippen LogP contribution < -0.4 is 5.32 Å². The van der Waals surface area contributed by atoms with Crippen LogP contribution in [0.5, 0.6) is 0 Å². The number of carbonyl (C=O) groups excluding carboxylic acids is 1. The van der Waals surface area contributed by atoms with E-state index in [1.165, 1.54) is 0 Å². The van der Waals surface area contributed by atoms with E-state index in [4.69, 9.17) is 9.47 Å². The summed E-state index contributed by atoms with van der Waals surface area (Å²) >= 11 is 0. The third-order valence-corrected chi connectivity index (χ3v) is 4.62. The molecule has 0 saturated carbocycles. The van der Waals surface area contributed by atoms with Crippen molar-refractivity contribution in [3.8, 4) is 0 Å². The lowest BCUT2D eigenvalue weighted by Gasteiger charge is -2.34. The predicted molar refractivity (Wildman–Crippen MR) is 81.9 cm³/mol. The topological polar surface area (TPSA) is 50.8 Å². The summed E-state index contributed by atoms with van der Waals surface area (Å²) in [5, 5.41) is 3.52. The van der Waals surface area contributed by atoms with E-state index in [9.17, 15) is 4.79 Å². The van der Waals surface area contributed by atoms with Gasteiger partial charge in [0.1, 0.15) is 5.60 Å². The average molecular weight is 298 g/mol. The van der Waals surface area contributed by atoms with Gasteiger partial charge in [0.25, 0.3) is 0 Å². The molecule has 122 valence electrons. The van der Waals surface area contributed by atoms with Crippen molar-refractivity contribution in [3.05, 3.63) is 0 Å². The molecule has 0 spiro atoms. The first-order valence-corrected chi connectivity index (χ1v) is 8.08. The second-order valence-corrected chi connectivity index (χ2v) is 7.19. The summed E-state index contributed by atoms with van der Waals surface area (Å²) in [6, 6.07) is -0.0787. The van der Waals surface area contributed by atoms with E-state index in [1.54, 1.807) is 7.11 Å². The van der Waals surface area contributed by atoms with E-state index in [0.29, 0.717) is 31.6 Å². The van der Waals surface area contributed by atoms with Crippen LogP contribution in [0, 0.1) is 11.8 Å². The molecule has 2 saturated heterocycles. The Morgan fingerprint density at radius 2 is 2.14 bits per heavy atom. The monoisotopic (exact) mass is 298 g/mol. The van der Waals surface area contributed by atoms with Gasteiger partial charge in [0.2, 0.25) is 5.91 Å². The number of ether oxygens (including phenoxy) is 2. The smallest absolute Gasteiger partial charge is 0.241 e. The second-order valence-electron chi connectivity index (χ2n) is 7.19. The Morgan fingerprint density at radius 3 is 2.62 bits per heavy atom. The minimum atomic E-state index is -0.335. The van der Waals surface area contributed by atoms with Gasteiger partial charge in [-0.05, 0) is 18.3 Å². The van der Waals surface area contributed by atoms with Gasteiger partial charge in [-0.15, -0.1) is 0 Å². The van der Waals surface area contributed by atoms with E-state index in [-0.39, 0.29) is 23.7 Å². The van der Waals surface area contributed by atoms with Crippen LogP contribution in [0.25, 0.3) is 0 Å². The SMILES string of the molecule is COC1(CN2C(=O)C(C(C)C)NC2CC(C)C)CCOC1. The Balaban J connectivity index is 2.14. The summed E-state index contributed by atoms with van der Waals surface area (Å²) in [5.41, 5.74) is -0.335. The van der Waals surface area contributed by atoms with E-state index in [0.717, 1.165) is 12.8 Å². The summed E-state index contributed by atoms with van der Waals surface area (Å²) < 4.78 is 11.2. The maximum atomic E-state index is 12.8. The summed E-state index contributed by atoms with van der Waals surface area (Å²) in [6.07, 6.45) is 1.93. The minimum Gasteiger partial charge on any atom is -0.378 e. The van der Waals surface area contributed by atoms with Crippen molar-refractivity contribution in [1.29, 1.82) is 0 Å². The Hall–Kier alpha value is -0.650. The first-order valence-electron chi connectivity index (χ1n) is 8.08. The van der Waals surface area contributed by atoms with Gasteiger partial charge in [-0.1, -0.05) is 27.7 Å². The lowest BCUT2D eigenvalue weighted by Crippen LogP contribution is -2.50. The van der Waals surface area contributed by atoms with Crippen LogP contribution in [0.2, 0.25) is 0 Å². The number of nitrogens with one attached hydrogen (secondary N) is 1. The van der Waals surface area contributed by atoms with E-state index >= 15 is 0 Å². The van der Waals surface area contributed by atoms with Crippen LogP contribution in [0.4, 0.5) is 0 Å². The number of rotatable bonds is 6. The molecule has 2 aliphatic rings. The van der Waals surface area contributed by atoms with Crippen molar-refractivity contribution in [1.82, 2.24) is 10.2 Å². The molecule has 0 aromatic carbocycles. The lowest BCUT2D eigenvalue weighted by atomic mass is 10.0. The molecule has 2 rings (SSSR count). The van der Waals surface area contributed by atoms with Gasteiger partial charge in [-0.3, -0.25) is 10.1 Å². The molecule has 5 nitrogen and oxygen atoms in total. The molecule has 3 unspecified atom stereocenters. The van der Waals surface area contributed by atoms with Crippen molar-refractivity contribution in [3.63, 3.8) is 0 Å². The molecule has 5 heteroatoms. The molecule has 1 amide bonds. The van der Waals surface area contributed by atoms with Gasteiger partial charge in [-0.25, -0.2) is 0 Å². The summed E-state index contributed by atoms with van der Waals surface area (Å²) in [4.78, 5) is 14.7. The number of hydrogen-bond acceptors (Lipinski definition) is 4. The predicted octanol–water partition coefficient (Wildman–Crippen LogP) is 1.62. The van der Waals surface area contributed by atoms with Crippen molar-refractivity contribution >= 4 is 5.91 Å². The third kappa shape index (κ3) is 3.58. The van der Waals surface area contributed by atoms with Crippen LogP contribution in [0.3, 0.4) is 0 Å². The minimum absolute atomic E-state index is 0.0787. The van der Waals surface area contributed by atoms with E-state index in [2.05, 4.69) is 33.0 Å². The second kappa shape index (κ2) is 6.63. The fourth-order valence-electron chi connectivity index (χ4n) is 3.26. The Morgan fingerprint density at radius 1 is 1.43 bits per heavy atom. The van der Waals surface area contributed by atoms with Gasteiger partial charge in [0.05, 0.1) is 25.4 Å². The van der Waals surface area contributed by atoms with Gasteiger partial charge in [0.15, 0.2) is 0 Å². The molecule has 0 aromatic heterocycles. The largest absolute Gasteiger partial charge is 0.378 e. The van der Waals surface area contributed by atoms with Crippen LogP contribution in [0.15, 0.2) is 0 Å². The molecule has 21 heavy (non-hydrogen) atoms. The molecular weight excluding hydrogens is 268 g/mol. The van der Waals surface area contributed by atoms with Crippen molar-refractivity contribution in [2.45, 2.75) is 58.3 Å². The van der Waals surface area contributed by atoms with Crippen molar-refractivity contribution in [2.24, 2.45) is 11.8 Å². The van der Waals surface area contributed by atoms with Gasteiger partial charge in [0, 0.05) is 20.1 Å². The highest BCUT2D eigenvalue weighted by Gasteiger charge is 2.46. The zero-order valence-corrected chi connectivity index (χ0v) is 14.0. The normalized spacial score (nSPS) is 33.7. The quantitative estimate of drug-likeness (QED) is 0.809. The van der Waals surface area contributed by atoms with Crippen LogP contribution >= 0.6 is 0 Å². The Bertz CT molecular complexity index is 365. The van der Waals surface area contributed by atoms with Crippen LogP contribution in [-0.4, -0.2) is 55.5 Å². The van der Waals surface area contributed by atoms with Crippen molar-refractivity contribution in [2.75, 3.05) is 26.9 Å². The molecule has 0 bridgehead atoms. The zero-order valence-electron chi connectivity index (χ0n) is 14.0. The average Bonchev–Trinajstić information content (AvgIpc) is 2.99. The Labute approximate surface area is 128 Å².